The molecule has 1 atom stereocenters. The predicted octanol–water partition coefficient (Wildman–Crippen LogP) is 5.79. The number of benzene rings is 1. The van der Waals surface area contributed by atoms with Gasteiger partial charge in [-0.05, 0) is 63.9 Å². The summed E-state index contributed by atoms with van der Waals surface area (Å²) in [5, 5.41) is 12.0. The molecule has 1 saturated heterocycles. The number of anilines is 1. The number of imidazole rings is 1. The Morgan fingerprint density at radius 1 is 1.00 bits per heavy atom. The van der Waals surface area contributed by atoms with E-state index in [1.165, 1.54) is 4.90 Å². The van der Waals surface area contributed by atoms with Crippen LogP contribution in [-0.4, -0.2) is 57.0 Å². The van der Waals surface area contributed by atoms with Gasteiger partial charge in [0.1, 0.15) is 16.2 Å². The highest BCUT2D eigenvalue weighted by Crippen LogP contribution is 2.46. The zero-order chi connectivity index (χ0) is 31.5. The first-order chi connectivity index (χ1) is 21.2. The highest BCUT2D eigenvalue weighted by atomic mass is 32.1. The highest BCUT2D eigenvalue weighted by Gasteiger charge is 2.49. The van der Waals surface area contributed by atoms with Crippen LogP contribution in [0.3, 0.4) is 0 Å². The standard InChI is InChI=1S/C32H34N4O7S/c1-6-9-16-43-21-14-13-20(17-22(21)41-7-2)26-24(27(37)25-18(4)33-23-12-10-11-15-35(23)25)28(38)30(39)36(26)32-34-19(5)29(44-32)31(40)42-8-3/h10-15,17,26,37H,6-9,16H2,1-5H3. The molecule has 12 heteroatoms. The summed E-state index contributed by atoms with van der Waals surface area (Å²) in [6.45, 7) is 9.98. The van der Waals surface area contributed by atoms with Crippen LogP contribution in [0.5, 0.6) is 11.5 Å². The molecule has 11 nitrogen and oxygen atoms in total. The number of ether oxygens (including phenoxy) is 3. The number of carbonyl (C=O) groups excluding carboxylic acids is 3. The van der Waals surface area contributed by atoms with Crippen LogP contribution in [0.15, 0.2) is 48.2 Å². The smallest absolute Gasteiger partial charge is 0.350 e. The van der Waals surface area contributed by atoms with Crippen LogP contribution in [0, 0.1) is 13.8 Å². The van der Waals surface area contributed by atoms with Crippen molar-refractivity contribution in [2.45, 2.75) is 53.5 Å². The van der Waals surface area contributed by atoms with Gasteiger partial charge in [0.2, 0.25) is 0 Å². The van der Waals surface area contributed by atoms with E-state index in [0.717, 1.165) is 24.2 Å². The van der Waals surface area contributed by atoms with E-state index in [4.69, 9.17) is 14.2 Å². The molecule has 1 aliphatic rings. The number of aromatic nitrogens is 3. The van der Waals surface area contributed by atoms with Crippen LogP contribution in [0.2, 0.25) is 0 Å². The lowest BCUT2D eigenvalue weighted by Crippen LogP contribution is -2.29. The monoisotopic (exact) mass is 618 g/mol. The number of aliphatic hydroxyl groups is 1. The molecule has 1 fully saturated rings. The molecule has 230 valence electrons. The molecule has 0 saturated carbocycles. The van der Waals surface area contributed by atoms with E-state index in [1.807, 2.05) is 13.0 Å². The number of thiazole rings is 1. The molecule has 4 aromatic rings. The average molecular weight is 619 g/mol. The molecule has 1 unspecified atom stereocenters. The fourth-order valence-electron chi connectivity index (χ4n) is 5.15. The van der Waals surface area contributed by atoms with Crippen molar-refractivity contribution < 1.29 is 33.7 Å². The molecular weight excluding hydrogens is 584 g/mol. The molecule has 5 rings (SSSR count). The fraction of sp³-hybridized carbons (Fsp3) is 0.344. The summed E-state index contributed by atoms with van der Waals surface area (Å²) >= 11 is 0.947. The Labute approximate surface area is 258 Å². The number of carbonyl (C=O) groups is 3. The van der Waals surface area contributed by atoms with Crippen molar-refractivity contribution in [1.29, 1.82) is 0 Å². The Hall–Kier alpha value is -4.71. The normalized spacial score (nSPS) is 16.1. The molecule has 4 heterocycles. The number of amides is 1. The number of rotatable bonds is 11. The van der Waals surface area contributed by atoms with Crippen molar-refractivity contribution in [2.24, 2.45) is 0 Å². The van der Waals surface area contributed by atoms with Gasteiger partial charge in [-0.25, -0.2) is 14.8 Å². The number of nitrogens with zero attached hydrogens (tertiary/aromatic N) is 4. The minimum atomic E-state index is -1.10. The van der Waals surface area contributed by atoms with Crippen molar-refractivity contribution in [1.82, 2.24) is 14.4 Å². The topological polar surface area (TPSA) is 133 Å². The van der Waals surface area contributed by atoms with Crippen molar-refractivity contribution in [3.63, 3.8) is 0 Å². The molecule has 44 heavy (non-hydrogen) atoms. The van der Waals surface area contributed by atoms with Gasteiger partial charge < -0.3 is 19.3 Å². The molecule has 3 aromatic heterocycles. The van der Waals surface area contributed by atoms with E-state index in [2.05, 4.69) is 16.9 Å². The Bertz CT molecular complexity index is 1770. The summed E-state index contributed by atoms with van der Waals surface area (Å²) in [6.07, 6.45) is 3.54. The van der Waals surface area contributed by atoms with E-state index in [9.17, 15) is 19.5 Å². The zero-order valence-electron chi connectivity index (χ0n) is 25.2. The molecule has 0 spiro atoms. The van der Waals surface area contributed by atoms with E-state index in [1.54, 1.807) is 61.7 Å². The lowest BCUT2D eigenvalue weighted by molar-refractivity contribution is -0.132. The average Bonchev–Trinajstić information content (AvgIpc) is 3.63. The second kappa shape index (κ2) is 12.9. The maximum atomic E-state index is 13.8. The van der Waals surface area contributed by atoms with Gasteiger partial charge in [-0.15, -0.1) is 0 Å². The van der Waals surface area contributed by atoms with Gasteiger partial charge in [0.15, 0.2) is 22.4 Å². The number of fused-ring (bicyclic) bond motifs is 1. The number of ketones is 1. The Balaban J connectivity index is 1.73. The summed E-state index contributed by atoms with van der Waals surface area (Å²) < 4.78 is 18.7. The SMILES string of the molecule is CCCCOc1ccc(C2C(=C(O)c3c(C)nc4ccccn34)C(=O)C(=O)N2c2nc(C)c(C(=O)OCC)s2)cc1OCC. The summed E-state index contributed by atoms with van der Waals surface area (Å²) in [7, 11) is 0. The van der Waals surface area contributed by atoms with Crippen LogP contribution in [-0.2, 0) is 14.3 Å². The molecule has 1 amide bonds. The van der Waals surface area contributed by atoms with Crippen LogP contribution in [0.4, 0.5) is 5.13 Å². The van der Waals surface area contributed by atoms with Crippen LogP contribution in [0.1, 0.15) is 72.0 Å². The van der Waals surface area contributed by atoms with Crippen LogP contribution in [0.25, 0.3) is 11.4 Å². The molecule has 0 radical (unpaired) electrons. The predicted molar refractivity (Wildman–Crippen MR) is 166 cm³/mol. The zero-order valence-corrected chi connectivity index (χ0v) is 26.1. The molecule has 1 aliphatic heterocycles. The van der Waals surface area contributed by atoms with E-state index in [-0.39, 0.29) is 33.6 Å². The van der Waals surface area contributed by atoms with Crippen molar-refractivity contribution in [3.8, 4) is 11.5 Å². The summed E-state index contributed by atoms with van der Waals surface area (Å²) in [5.74, 6) is -1.80. The van der Waals surface area contributed by atoms with E-state index >= 15 is 0 Å². The van der Waals surface area contributed by atoms with Gasteiger partial charge in [0, 0.05) is 6.20 Å². The number of pyridine rings is 1. The second-order valence-electron chi connectivity index (χ2n) is 10.1. The Kier molecular flexibility index (Phi) is 9.00. The first-order valence-corrected chi connectivity index (χ1v) is 15.3. The van der Waals surface area contributed by atoms with Gasteiger partial charge >= 0.3 is 11.9 Å². The molecule has 1 aromatic carbocycles. The summed E-state index contributed by atoms with van der Waals surface area (Å²) in [4.78, 5) is 50.7. The lowest BCUT2D eigenvalue weighted by atomic mass is 9.96. The first kappa shape index (κ1) is 30.7. The second-order valence-corrected chi connectivity index (χ2v) is 11.1. The number of aryl methyl sites for hydroxylation is 2. The number of hydrogen-bond donors (Lipinski definition) is 1. The minimum Gasteiger partial charge on any atom is -0.505 e. The molecule has 0 bridgehead atoms. The fourth-order valence-corrected chi connectivity index (χ4v) is 6.14. The van der Waals surface area contributed by atoms with Crippen molar-refractivity contribution in [2.75, 3.05) is 24.7 Å². The third-order valence-corrected chi connectivity index (χ3v) is 8.30. The van der Waals surface area contributed by atoms with Gasteiger partial charge in [0.25, 0.3) is 5.78 Å². The van der Waals surface area contributed by atoms with E-state index < -0.39 is 23.7 Å². The van der Waals surface area contributed by atoms with Crippen molar-refractivity contribution in [3.05, 3.63) is 75.7 Å². The largest absolute Gasteiger partial charge is 0.505 e. The molecule has 0 aliphatic carbocycles. The number of Topliss-reactive ketones (excluding diaryl/α,β-unsaturated/α-hetero) is 1. The maximum absolute atomic E-state index is 13.8. The third-order valence-electron chi connectivity index (χ3n) is 7.16. The third kappa shape index (κ3) is 5.52. The number of esters is 1. The van der Waals surface area contributed by atoms with Gasteiger partial charge in [0.05, 0.1) is 42.8 Å². The van der Waals surface area contributed by atoms with Gasteiger partial charge in [-0.3, -0.25) is 18.9 Å². The summed E-state index contributed by atoms with van der Waals surface area (Å²) in [6, 6.07) is 9.43. The number of aliphatic hydroxyl groups excluding tert-OH is 1. The van der Waals surface area contributed by atoms with Gasteiger partial charge in [-0.2, -0.15) is 0 Å². The molecule has 1 N–H and O–H groups in total. The first-order valence-electron chi connectivity index (χ1n) is 14.5. The summed E-state index contributed by atoms with van der Waals surface area (Å²) in [5.41, 5.74) is 2.03. The Morgan fingerprint density at radius 3 is 2.52 bits per heavy atom. The minimum absolute atomic E-state index is 0.118. The quantitative estimate of drug-likeness (QED) is 0.0729. The maximum Gasteiger partial charge on any atom is 0.350 e. The van der Waals surface area contributed by atoms with Crippen LogP contribution < -0.4 is 14.4 Å². The number of unbranched alkanes of at least 4 members (excludes halogenated alkanes) is 1. The Morgan fingerprint density at radius 2 is 1.80 bits per heavy atom. The van der Waals surface area contributed by atoms with Gasteiger partial charge in [-0.1, -0.05) is 36.8 Å². The molecular formula is C32H34N4O7S. The lowest BCUT2D eigenvalue weighted by Gasteiger charge is -2.24. The number of hydrogen-bond acceptors (Lipinski definition) is 10. The van der Waals surface area contributed by atoms with Crippen molar-refractivity contribution >= 4 is 45.5 Å². The van der Waals surface area contributed by atoms with Crippen LogP contribution >= 0.6 is 11.3 Å². The van der Waals surface area contributed by atoms with E-state index in [0.29, 0.717) is 47.3 Å². The highest BCUT2D eigenvalue weighted by molar-refractivity contribution is 7.17.